The van der Waals surface area contributed by atoms with Crippen LogP contribution in [0.5, 0.6) is 5.75 Å². The summed E-state index contributed by atoms with van der Waals surface area (Å²) in [6.07, 6.45) is 3.18. The molecule has 3 rings (SSSR count). The van der Waals surface area contributed by atoms with E-state index in [4.69, 9.17) is 32.7 Å². The second kappa shape index (κ2) is 7.13. The van der Waals surface area contributed by atoms with Gasteiger partial charge in [-0.2, -0.15) is 0 Å². The fourth-order valence-corrected chi connectivity index (χ4v) is 2.60. The standard InChI is InChI=1S/C19H12Cl2O4/c1-11(22)24-17-7-6-16(21)9-13(17)8-14-10-18(25-19(14)23)12-2-4-15(20)5-3-12/h2-10H,1H3. The molecule has 0 radical (unpaired) electrons. The fourth-order valence-electron chi connectivity index (χ4n) is 2.29. The number of carbonyl (C=O) groups is 2. The highest BCUT2D eigenvalue weighted by Gasteiger charge is 2.22. The van der Waals surface area contributed by atoms with E-state index in [2.05, 4.69) is 0 Å². The first-order valence-electron chi connectivity index (χ1n) is 7.32. The van der Waals surface area contributed by atoms with Gasteiger partial charge in [0.15, 0.2) is 0 Å². The van der Waals surface area contributed by atoms with E-state index in [0.29, 0.717) is 32.7 Å². The van der Waals surface area contributed by atoms with Crippen LogP contribution in [-0.4, -0.2) is 11.9 Å². The first kappa shape index (κ1) is 17.3. The SMILES string of the molecule is CC(=O)Oc1ccc(Cl)cc1C=C1C=C(c2ccc(Cl)cc2)OC1=O. The van der Waals surface area contributed by atoms with Crippen molar-refractivity contribution in [2.45, 2.75) is 6.92 Å². The molecule has 0 N–H and O–H groups in total. The van der Waals surface area contributed by atoms with Crippen LogP contribution in [0.15, 0.2) is 54.1 Å². The minimum absolute atomic E-state index is 0.311. The lowest BCUT2D eigenvalue weighted by molar-refractivity contribution is -0.132. The Balaban J connectivity index is 1.98. The summed E-state index contributed by atoms with van der Waals surface area (Å²) in [6.45, 7) is 1.30. The van der Waals surface area contributed by atoms with Gasteiger partial charge in [0.1, 0.15) is 11.5 Å². The molecule has 0 aromatic heterocycles. The van der Waals surface area contributed by atoms with Gasteiger partial charge in [-0.25, -0.2) is 4.79 Å². The Hall–Kier alpha value is -2.56. The van der Waals surface area contributed by atoms with Crippen LogP contribution in [0.25, 0.3) is 11.8 Å². The molecule has 0 saturated carbocycles. The molecule has 6 heteroatoms. The van der Waals surface area contributed by atoms with Crippen molar-refractivity contribution >= 4 is 47.0 Å². The number of rotatable bonds is 3. The molecule has 1 heterocycles. The average molecular weight is 375 g/mol. The van der Waals surface area contributed by atoms with E-state index in [1.54, 1.807) is 54.6 Å². The van der Waals surface area contributed by atoms with Gasteiger partial charge in [-0.1, -0.05) is 23.2 Å². The van der Waals surface area contributed by atoms with Gasteiger partial charge < -0.3 is 9.47 Å². The molecule has 1 aliphatic rings. The Bertz CT molecular complexity index is 912. The summed E-state index contributed by atoms with van der Waals surface area (Å²) in [5, 5.41) is 1.05. The second-order valence-electron chi connectivity index (χ2n) is 5.28. The van der Waals surface area contributed by atoms with Gasteiger partial charge in [-0.15, -0.1) is 0 Å². The Kier molecular flexibility index (Phi) is 4.93. The second-order valence-corrected chi connectivity index (χ2v) is 6.15. The van der Waals surface area contributed by atoms with Crippen molar-refractivity contribution in [1.29, 1.82) is 0 Å². The van der Waals surface area contributed by atoms with Crippen molar-refractivity contribution in [2.24, 2.45) is 0 Å². The van der Waals surface area contributed by atoms with Gasteiger partial charge in [-0.05, 0) is 54.6 Å². The van der Waals surface area contributed by atoms with Crippen molar-refractivity contribution in [3.05, 3.63) is 75.3 Å². The third kappa shape index (κ3) is 4.10. The highest BCUT2D eigenvalue weighted by molar-refractivity contribution is 6.31. The number of benzene rings is 2. The molecule has 0 atom stereocenters. The summed E-state index contributed by atoms with van der Waals surface area (Å²) >= 11 is 11.9. The maximum absolute atomic E-state index is 12.1. The number of hydrogen-bond donors (Lipinski definition) is 0. The molecule has 2 aromatic rings. The van der Waals surface area contributed by atoms with Crippen LogP contribution in [0.4, 0.5) is 0 Å². The van der Waals surface area contributed by atoms with Crippen LogP contribution in [0, 0.1) is 0 Å². The van der Waals surface area contributed by atoms with E-state index in [-0.39, 0.29) is 0 Å². The molecule has 2 aromatic carbocycles. The van der Waals surface area contributed by atoms with E-state index in [0.717, 1.165) is 5.56 Å². The van der Waals surface area contributed by atoms with E-state index in [1.807, 2.05) is 0 Å². The third-order valence-corrected chi connectivity index (χ3v) is 3.88. The molecule has 4 nitrogen and oxygen atoms in total. The summed E-state index contributed by atoms with van der Waals surface area (Å²) < 4.78 is 10.4. The van der Waals surface area contributed by atoms with E-state index >= 15 is 0 Å². The molecule has 126 valence electrons. The number of hydrogen-bond acceptors (Lipinski definition) is 4. The summed E-state index contributed by atoms with van der Waals surface area (Å²) in [4.78, 5) is 23.4. The maximum atomic E-state index is 12.1. The Labute approximate surface area is 154 Å². The van der Waals surface area contributed by atoms with E-state index < -0.39 is 11.9 Å². The quantitative estimate of drug-likeness (QED) is 0.435. The minimum atomic E-state index is -0.501. The first-order valence-corrected chi connectivity index (χ1v) is 8.07. The largest absolute Gasteiger partial charge is 0.426 e. The highest BCUT2D eigenvalue weighted by atomic mass is 35.5. The molecular weight excluding hydrogens is 363 g/mol. The molecular formula is C19H12Cl2O4. The molecule has 1 aliphatic heterocycles. The number of cyclic esters (lactones) is 1. The molecule has 25 heavy (non-hydrogen) atoms. The molecule has 0 spiro atoms. The lowest BCUT2D eigenvalue weighted by Crippen LogP contribution is -2.03. The van der Waals surface area contributed by atoms with Gasteiger partial charge in [-0.3, -0.25) is 4.79 Å². The van der Waals surface area contributed by atoms with Gasteiger partial charge in [0, 0.05) is 28.1 Å². The summed E-state index contributed by atoms with van der Waals surface area (Å²) in [5.41, 5.74) is 1.55. The van der Waals surface area contributed by atoms with Crippen LogP contribution in [0.2, 0.25) is 10.0 Å². The van der Waals surface area contributed by atoms with Gasteiger partial charge in [0.2, 0.25) is 0 Å². The molecule has 0 unspecified atom stereocenters. The third-order valence-electron chi connectivity index (χ3n) is 3.39. The summed E-state index contributed by atoms with van der Waals surface area (Å²) in [5.74, 6) is -0.235. The molecule has 0 saturated heterocycles. The van der Waals surface area contributed by atoms with Crippen LogP contribution in [0.1, 0.15) is 18.1 Å². The minimum Gasteiger partial charge on any atom is -0.426 e. The molecule has 0 fully saturated rings. The zero-order chi connectivity index (χ0) is 18.0. The molecule has 0 amide bonds. The average Bonchev–Trinajstić information content (AvgIpc) is 2.91. The van der Waals surface area contributed by atoms with Crippen LogP contribution in [-0.2, 0) is 14.3 Å². The number of esters is 2. The number of ether oxygens (including phenoxy) is 2. The predicted octanol–water partition coefficient (Wildman–Crippen LogP) is 4.90. The van der Waals surface area contributed by atoms with Crippen molar-refractivity contribution in [3.8, 4) is 5.75 Å². The zero-order valence-corrected chi connectivity index (χ0v) is 14.6. The topological polar surface area (TPSA) is 52.6 Å². The maximum Gasteiger partial charge on any atom is 0.343 e. The van der Waals surface area contributed by atoms with Crippen molar-refractivity contribution < 1.29 is 19.1 Å². The van der Waals surface area contributed by atoms with Gasteiger partial charge >= 0.3 is 11.9 Å². The Morgan fingerprint density at radius 1 is 1.08 bits per heavy atom. The summed E-state index contributed by atoms with van der Waals surface area (Å²) in [6, 6.07) is 11.7. The van der Waals surface area contributed by atoms with Gasteiger partial charge in [0.25, 0.3) is 0 Å². The monoisotopic (exact) mass is 374 g/mol. The van der Waals surface area contributed by atoms with Crippen LogP contribution < -0.4 is 4.74 Å². The number of halogens is 2. The number of carbonyl (C=O) groups excluding carboxylic acids is 2. The normalized spacial score (nSPS) is 15.1. The summed E-state index contributed by atoms with van der Waals surface area (Å²) in [7, 11) is 0. The van der Waals surface area contributed by atoms with Crippen molar-refractivity contribution in [3.63, 3.8) is 0 Å². The van der Waals surface area contributed by atoms with Crippen molar-refractivity contribution in [2.75, 3.05) is 0 Å². The van der Waals surface area contributed by atoms with Crippen LogP contribution >= 0.6 is 23.2 Å². The Morgan fingerprint density at radius 3 is 2.44 bits per heavy atom. The first-order chi connectivity index (χ1) is 11.9. The van der Waals surface area contributed by atoms with E-state index in [1.165, 1.54) is 6.92 Å². The van der Waals surface area contributed by atoms with Crippen molar-refractivity contribution in [1.82, 2.24) is 0 Å². The molecule has 0 aliphatic carbocycles. The lowest BCUT2D eigenvalue weighted by atomic mass is 10.1. The molecule has 0 bridgehead atoms. The van der Waals surface area contributed by atoms with Gasteiger partial charge in [0.05, 0.1) is 5.57 Å². The highest BCUT2D eigenvalue weighted by Crippen LogP contribution is 2.31. The zero-order valence-electron chi connectivity index (χ0n) is 13.1. The lowest BCUT2D eigenvalue weighted by Gasteiger charge is -2.06. The predicted molar refractivity (Wildman–Crippen MR) is 96.3 cm³/mol. The Morgan fingerprint density at radius 2 is 1.76 bits per heavy atom. The fraction of sp³-hybridized carbons (Fsp3) is 0.0526. The smallest absolute Gasteiger partial charge is 0.343 e. The van der Waals surface area contributed by atoms with E-state index in [9.17, 15) is 9.59 Å². The van der Waals surface area contributed by atoms with Crippen LogP contribution in [0.3, 0.4) is 0 Å².